The summed E-state index contributed by atoms with van der Waals surface area (Å²) in [5, 5.41) is 8.75. The minimum Gasteiger partial charge on any atom is -0.354 e. The molecule has 2 aliphatic heterocycles. The molecule has 7 heteroatoms. The van der Waals surface area contributed by atoms with Gasteiger partial charge in [-0.05, 0) is 55.7 Å². The highest BCUT2D eigenvalue weighted by Gasteiger charge is 2.32. The minimum absolute atomic E-state index is 0.0459. The number of carbonyl (C=O) groups is 1. The first-order valence-electron chi connectivity index (χ1n) is 11.7. The minimum atomic E-state index is 0.0459. The number of benzene rings is 1. The predicted octanol–water partition coefficient (Wildman–Crippen LogP) is 3.36. The molecule has 2 aromatic heterocycles. The van der Waals surface area contributed by atoms with E-state index in [0.29, 0.717) is 11.8 Å². The van der Waals surface area contributed by atoms with Crippen LogP contribution in [-0.2, 0) is 11.2 Å². The van der Waals surface area contributed by atoms with Gasteiger partial charge in [-0.15, -0.1) is 10.2 Å². The monoisotopic (exact) mass is 430 g/mol. The van der Waals surface area contributed by atoms with Crippen molar-refractivity contribution in [1.82, 2.24) is 24.6 Å². The summed E-state index contributed by atoms with van der Waals surface area (Å²) < 4.78 is 1.83. The van der Waals surface area contributed by atoms with E-state index in [9.17, 15) is 4.79 Å². The van der Waals surface area contributed by atoms with Crippen LogP contribution in [0.1, 0.15) is 31.2 Å². The molecule has 4 heterocycles. The number of aromatic nitrogens is 4. The third-order valence-electron chi connectivity index (χ3n) is 6.79. The molecule has 2 fully saturated rings. The van der Waals surface area contributed by atoms with Crippen LogP contribution in [0.4, 0.5) is 5.82 Å². The van der Waals surface area contributed by atoms with Crippen molar-refractivity contribution in [3.63, 3.8) is 0 Å². The first kappa shape index (κ1) is 20.7. The largest absolute Gasteiger partial charge is 0.354 e. The molecule has 0 spiro atoms. The van der Waals surface area contributed by atoms with E-state index in [-0.39, 0.29) is 5.92 Å². The Balaban J connectivity index is 1.15. The first-order chi connectivity index (χ1) is 15.8. The van der Waals surface area contributed by atoms with Crippen molar-refractivity contribution in [2.75, 3.05) is 31.1 Å². The number of nitrogens with zero attached hydrogens (tertiary/aromatic N) is 6. The zero-order chi connectivity index (χ0) is 21.8. The molecule has 0 radical (unpaired) electrons. The third kappa shape index (κ3) is 4.66. The van der Waals surface area contributed by atoms with Crippen LogP contribution in [0.5, 0.6) is 0 Å². The summed E-state index contributed by atoms with van der Waals surface area (Å²) >= 11 is 0. The molecule has 0 N–H and O–H groups in total. The fourth-order valence-corrected chi connectivity index (χ4v) is 4.97. The van der Waals surface area contributed by atoms with Crippen LogP contribution in [0.2, 0.25) is 0 Å². The average Bonchev–Trinajstić information content (AvgIpc) is 3.40. The Hall–Kier alpha value is -3.22. The summed E-state index contributed by atoms with van der Waals surface area (Å²) in [6.07, 6.45) is 10.6. The van der Waals surface area contributed by atoms with Gasteiger partial charge >= 0.3 is 0 Å². The standard InChI is InChI=1S/C25H30N6O/c32-25(29-14-10-21(11-15-29)17-20-5-2-1-3-6-20)22-7-4-13-30(18-22)23-8-9-24(28-27-23)31-16-12-26-19-31/h1-3,5-6,8-9,12,16,19,21-22H,4,7,10-11,13-15,17-18H2. The van der Waals surface area contributed by atoms with Gasteiger partial charge in [0.05, 0.1) is 5.92 Å². The van der Waals surface area contributed by atoms with Gasteiger partial charge in [0, 0.05) is 38.6 Å². The number of anilines is 1. The molecule has 166 valence electrons. The van der Waals surface area contributed by atoms with E-state index < -0.39 is 0 Å². The molecular formula is C25H30N6O. The normalized spacial score (nSPS) is 19.8. The average molecular weight is 431 g/mol. The number of hydrogen-bond donors (Lipinski definition) is 0. The maximum absolute atomic E-state index is 13.3. The molecule has 0 bridgehead atoms. The van der Waals surface area contributed by atoms with Crippen LogP contribution in [0.25, 0.3) is 5.82 Å². The van der Waals surface area contributed by atoms with E-state index in [1.165, 1.54) is 5.56 Å². The summed E-state index contributed by atoms with van der Waals surface area (Å²) in [6.45, 7) is 3.41. The van der Waals surface area contributed by atoms with Gasteiger partial charge in [-0.2, -0.15) is 0 Å². The van der Waals surface area contributed by atoms with E-state index in [0.717, 1.165) is 69.9 Å². The van der Waals surface area contributed by atoms with Crippen LogP contribution in [0.15, 0.2) is 61.2 Å². The molecule has 7 nitrogen and oxygen atoms in total. The Morgan fingerprint density at radius 3 is 2.44 bits per heavy atom. The smallest absolute Gasteiger partial charge is 0.227 e. The highest BCUT2D eigenvalue weighted by molar-refractivity contribution is 5.79. The lowest BCUT2D eigenvalue weighted by molar-refractivity contribution is -0.137. The second kappa shape index (κ2) is 9.51. The summed E-state index contributed by atoms with van der Waals surface area (Å²) in [6, 6.07) is 14.6. The van der Waals surface area contributed by atoms with E-state index in [2.05, 4.69) is 55.3 Å². The van der Waals surface area contributed by atoms with Crippen molar-refractivity contribution in [3.8, 4) is 5.82 Å². The van der Waals surface area contributed by atoms with Crippen LogP contribution in [0.3, 0.4) is 0 Å². The molecule has 1 amide bonds. The number of amides is 1. The molecule has 0 saturated carbocycles. The Labute approximate surface area is 189 Å². The fraction of sp³-hybridized carbons (Fsp3) is 0.440. The van der Waals surface area contributed by atoms with Crippen molar-refractivity contribution in [2.45, 2.75) is 32.1 Å². The zero-order valence-electron chi connectivity index (χ0n) is 18.4. The number of rotatable bonds is 5. The predicted molar refractivity (Wildman–Crippen MR) is 124 cm³/mol. The first-order valence-corrected chi connectivity index (χ1v) is 11.7. The van der Waals surface area contributed by atoms with E-state index in [1.54, 1.807) is 12.5 Å². The van der Waals surface area contributed by atoms with Gasteiger partial charge in [0.25, 0.3) is 0 Å². The lowest BCUT2D eigenvalue weighted by Gasteiger charge is -2.38. The molecule has 3 aromatic rings. The SMILES string of the molecule is O=C(C1CCCN(c2ccc(-n3ccnc3)nn2)C1)N1CCC(Cc2ccccc2)CC1. The molecule has 2 saturated heterocycles. The molecule has 32 heavy (non-hydrogen) atoms. The lowest BCUT2D eigenvalue weighted by atomic mass is 9.89. The maximum atomic E-state index is 13.3. The number of piperidine rings is 2. The van der Waals surface area contributed by atoms with Gasteiger partial charge in [0.1, 0.15) is 6.33 Å². The van der Waals surface area contributed by atoms with Crippen molar-refractivity contribution < 1.29 is 4.79 Å². The Morgan fingerprint density at radius 2 is 1.72 bits per heavy atom. The molecule has 1 unspecified atom stereocenters. The van der Waals surface area contributed by atoms with E-state index >= 15 is 0 Å². The lowest BCUT2D eigenvalue weighted by Crippen LogP contribution is -2.47. The van der Waals surface area contributed by atoms with Gasteiger partial charge in [0.15, 0.2) is 11.6 Å². The summed E-state index contributed by atoms with van der Waals surface area (Å²) in [5.74, 6) is 2.62. The van der Waals surface area contributed by atoms with E-state index in [4.69, 9.17) is 0 Å². The maximum Gasteiger partial charge on any atom is 0.227 e. The number of likely N-dealkylation sites (tertiary alicyclic amines) is 1. The zero-order valence-corrected chi connectivity index (χ0v) is 18.4. The van der Waals surface area contributed by atoms with Gasteiger partial charge in [-0.1, -0.05) is 30.3 Å². The quantitative estimate of drug-likeness (QED) is 0.621. The summed E-state index contributed by atoms with van der Waals surface area (Å²) in [4.78, 5) is 21.6. The van der Waals surface area contributed by atoms with Crippen molar-refractivity contribution >= 4 is 11.7 Å². The van der Waals surface area contributed by atoms with Gasteiger partial charge in [-0.3, -0.25) is 9.36 Å². The number of carbonyl (C=O) groups excluding carboxylic acids is 1. The van der Waals surface area contributed by atoms with Crippen molar-refractivity contribution in [1.29, 1.82) is 0 Å². The topological polar surface area (TPSA) is 67.2 Å². The summed E-state index contributed by atoms with van der Waals surface area (Å²) in [7, 11) is 0. The van der Waals surface area contributed by atoms with Crippen molar-refractivity contribution in [2.24, 2.45) is 11.8 Å². The second-order valence-electron chi connectivity index (χ2n) is 8.96. The third-order valence-corrected chi connectivity index (χ3v) is 6.79. The van der Waals surface area contributed by atoms with Crippen LogP contribution in [-0.4, -0.2) is 56.7 Å². The van der Waals surface area contributed by atoms with Crippen LogP contribution >= 0.6 is 0 Å². The second-order valence-corrected chi connectivity index (χ2v) is 8.96. The molecule has 5 rings (SSSR count). The molecular weight excluding hydrogens is 400 g/mol. The molecule has 2 aliphatic rings. The molecule has 0 aliphatic carbocycles. The van der Waals surface area contributed by atoms with Gasteiger partial charge in [0.2, 0.25) is 5.91 Å². The van der Waals surface area contributed by atoms with Gasteiger partial charge < -0.3 is 9.80 Å². The van der Waals surface area contributed by atoms with Gasteiger partial charge in [-0.25, -0.2) is 4.98 Å². The Bertz CT molecular complexity index is 997. The van der Waals surface area contributed by atoms with Crippen molar-refractivity contribution in [3.05, 3.63) is 66.7 Å². The highest BCUT2D eigenvalue weighted by atomic mass is 16.2. The number of imidazole rings is 1. The number of hydrogen-bond acceptors (Lipinski definition) is 5. The van der Waals surface area contributed by atoms with Crippen LogP contribution in [0, 0.1) is 11.8 Å². The van der Waals surface area contributed by atoms with Crippen LogP contribution < -0.4 is 4.90 Å². The van der Waals surface area contributed by atoms with E-state index in [1.807, 2.05) is 22.9 Å². The Morgan fingerprint density at radius 1 is 0.938 bits per heavy atom. The summed E-state index contributed by atoms with van der Waals surface area (Å²) in [5.41, 5.74) is 1.40. The molecule has 1 aromatic carbocycles. The fourth-order valence-electron chi connectivity index (χ4n) is 4.97. The highest BCUT2D eigenvalue weighted by Crippen LogP contribution is 2.27. The Kier molecular flexibility index (Phi) is 6.14. The molecule has 1 atom stereocenters.